The van der Waals surface area contributed by atoms with Gasteiger partial charge in [-0.3, -0.25) is 19.7 Å². The van der Waals surface area contributed by atoms with Crippen molar-refractivity contribution in [2.24, 2.45) is 0 Å². The fourth-order valence-corrected chi connectivity index (χ4v) is 2.47. The number of nitrogens with one attached hydrogen (secondary N) is 1. The zero-order valence-corrected chi connectivity index (χ0v) is 13.3. The van der Waals surface area contributed by atoms with E-state index < -0.39 is 17.8 Å². The maximum atomic E-state index is 13.1. The zero-order valence-electron chi connectivity index (χ0n) is 10.5. The minimum atomic E-state index is -0.666. The second-order valence-corrected chi connectivity index (χ2v) is 4.62. The molecule has 1 fully saturated rings. The average molecular weight is 350 g/mol. The number of rotatable bonds is 1. The minimum Gasteiger partial charge on any atom is -0.335 e. The van der Waals surface area contributed by atoms with Gasteiger partial charge in [0.2, 0.25) is 17.7 Å². The number of hydrogen-bond donors (Lipinski definition) is 1. The van der Waals surface area contributed by atoms with Crippen molar-refractivity contribution < 1.29 is 51.5 Å². The monoisotopic (exact) mass is 350 g/mol. The fraction of sp³-hybridized carbons (Fsp3) is 0.308. The van der Waals surface area contributed by atoms with Crippen molar-refractivity contribution >= 4 is 17.7 Å². The van der Waals surface area contributed by atoms with E-state index in [1.807, 2.05) is 0 Å². The molecule has 1 aromatic carbocycles. The van der Waals surface area contributed by atoms with Gasteiger partial charge in [0.1, 0.15) is 6.04 Å². The summed E-state index contributed by atoms with van der Waals surface area (Å²) in [5, 5.41) is 2.21. The van der Waals surface area contributed by atoms with Crippen LogP contribution in [0.5, 0.6) is 0 Å². The summed E-state index contributed by atoms with van der Waals surface area (Å²) in [5.74, 6) is -1.78. The second-order valence-electron chi connectivity index (χ2n) is 4.62. The van der Waals surface area contributed by atoms with Gasteiger partial charge in [-0.1, -0.05) is 5.56 Å². The molecule has 3 rings (SSSR count). The van der Waals surface area contributed by atoms with Gasteiger partial charge in [0.15, 0.2) is 0 Å². The normalized spacial score (nSPS) is 21.4. The van der Waals surface area contributed by atoms with E-state index in [-0.39, 0.29) is 63.1 Å². The Balaban J connectivity index is 0.00000147. The first kappa shape index (κ1) is 15.3. The number of amides is 3. The minimum absolute atomic E-state index is 0. The Kier molecular flexibility index (Phi) is 4.35. The predicted molar refractivity (Wildman–Crippen MR) is 61.3 cm³/mol. The maximum absolute atomic E-state index is 13.1. The van der Waals surface area contributed by atoms with Crippen LogP contribution in [0.15, 0.2) is 12.1 Å². The molecular weight excluding hydrogens is 340 g/mol. The molecular formula is C13H10FN2O3Y-. The van der Waals surface area contributed by atoms with Crippen LogP contribution in [-0.4, -0.2) is 28.7 Å². The van der Waals surface area contributed by atoms with Crippen molar-refractivity contribution in [3.05, 3.63) is 35.1 Å². The molecule has 2 heterocycles. The third-order valence-electron chi connectivity index (χ3n) is 3.42. The molecule has 0 aliphatic carbocycles. The summed E-state index contributed by atoms with van der Waals surface area (Å²) in [6, 6.07) is 4.28. The Labute approximate surface area is 139 Å². The number of fused-ring (bicyclic) bond motifs is 1. The number of carbonyl (C=O) groups is 3. The molecule has 1 N–H and O–H groups in total. The Morgan fingerprint density at radius 2 is 2.10 bits per heavy atom. The van der Waals surface area contributed by atoms with Gasteiger partial charge >= 0.3 is 0 Å². The molecule has 0 bridgehead atoms. The largest absolute Gasteiger partial charge is 0.335 e. The number of carbonyl (C=O) groups excluding carboxylic acids is 3. The Hall–Kier alpha value is -1.14. The Bertz CT molecular complexity index is 605. The van der Waals surface area contributed by atoms with Crippen LogP contribution in [0, 0.1) is 11.9 Å². The molecule has 0 aromatic heterocycles. The summed E-state index contributed by atoms with van der Waals surface area (Å²) in [6.07, 6.45) is 0.508. The standard InChI is InChI=1S/C13H10FN2O3.Y/c14-8-2-1-7-6-16(13(19)9(7)5-8)10-3-4-11(17)15-12(10)18;/h1,5,10H,3-4,6H2,(H,15,17,18);/q-1;. The van der Waals surface area contributed by atoms with E-state index >= 15 is 0 Å². The topological polar surface area (TPSA) is 66.5 Å². The summed E-state index contributed by atoms with van der Waals surface area (Å²) in [6.45, 7) is 0.247. The second kappa shape index (κ2) is 5.70. The molecule has 0 spiro atoms. The number of hydrogen-bond acceptors (Lipinski definition) is 3. The molecule has 1 atom stereocenters. The maximum Gasteiger partial charge on any atom is 0.249 e. The molecule has 1 saturated heterocycles. The van der Waals surface area contributed by atoms with E-state index in [2.05, 4.69) is 11.4 Å². The molecule has 1 aromatic rings. The van der Waals surface area contributed by atoms with Crippen molar-refractivity contribution in [2.75, 3.05) is 0 Å². The van der Waals surface area contributed by atoms with E-state index in [9.17, 15) is 18.8 Å². The van der Waals surface area contributed by atoms with E-state index in [1.54, 1.807) is 0 Å². The first-order chi connectivity index (χ1) is 9.06. The molecule has 5 nitrogen and oxygen atoms in total. The number of halogens is 1. The van der Waals surface area contributed by atoms with Crippen LogP contribution in [0.1, 0.15) is 28.8 Å². The molecule has 1 radical (unpaired) electrons. The first-order valence-electron chi connectivity index (χ1n) is 5.91. The van der Waals surface area contributed by atoms with Crippen molar-refractivity contribution in [3.8, 4) is 0 Å². The van der Waals surface area contributed by atoms with Gasteiger partial charge in [0.05, 0.1) is 0 Å². The molecule has 3 amide bonds. The van der Waals surface area contributed by atoms with Crippen molar-refractivity contribution in [3.63, 3.8) is 0 Å². The van der Waals surface area contributed by atoms with Crippen LogP contribution in [0.3, 0.4) is 0 Å². The van der Waals surface area contributed by atoms with Gasteiger partial charge in [-0.25, -0.2) is 4.39 Å². The number of nitrogens with zero attached hydrogens (tertiary/aromatic N) is 1. The average Bonchev–Trinajstić information content (AvgIpc) is 2.67. The third-order valence-corrected chi connectivity index (χ3v) is 3.42. The van der Waals surface area contributed by atoms with Crippen LogP contribution < -0.4 is 5.32 Å². The summed E-state index contributed by atoms with van der Waals surface area (Å²) in [4.78, 5) is 36.4. The molecule has 2 aliphatic rings. The smallest absolute Gasteiger partial charge is 0.249 e. The van der Waals surface area contributed by atoms with Gasteiger partial charge in [-0.2, -0.15) is 6.07 Å². The van der Waals surface area contributed by atoms with Crippen LogP contribution in [0.4, 0.5) is 4.39 Å². The van der Waals surface area contributed by atoms with E-state index in [4.69, 9.17) is 0 Å². The fourth-order valence-electron chi connectivity index (χ4n) is 2.47. The van der Waals surface area contributed by atoms with Crippen LogP contribution in [-0.2, 0) is 48.8 Å². The Morgan fingerprint density at radius 1 is 1.35 bits per heavy atom. The predicted octanol–water partition coefficient (Wildman–Crippen LogP) is 0.384. The van der Waals surface area contributed by atoms with Crippen LogP contribution in [0.25, 0.3) is 0 Å². The van der Waals surface area contributed by atoms with E-state index in [0.717, 1.165) is 6.07 Å². The van der Waals surface area contributed by atoms with E-state index in [0.29, 0.717) is 12.0 Å². The quantitative estimate of drug-likeness (QED) is 0.589. The summed E-state index contributed by atoms with van der Waals surface area (Å²) >= 11 is 0. The zero-order chi connectivity index (χ0) is 13.6. The first-order valence-corrected chi connectivity index (χ1v) is 5.91. The number of imide groups is 1. The van der Waals surface area contributed by atoms with Gasteiger partial charge in [0, 0.05) is 51.5 Å². The van der Waals surface area contributed by atoms with Gasteiger partial charge in [-0.15, -0.1) is 17.7 Å². The molecule has 1 unspecified atom stereocenters. The molecule has 20 heavy (non-hydrogen) atoms. The van der Waals surface area contributed by atoms with E-state index in [1.165, 1.54) is 11.0 Å². The molecule has 101 valence electrons. The molecule has 7 heteroatoms. The van der Waals surface area contributed by atoms with Crippen molar-refractivity contribution in [2.45, 2.75) is 25.4 Å². The van der Waals surface area contributed by atoms with Gasteiger partial charge in [-0.05, 0) is 6.42 Å². The molecule has 2 aliphatic heterocycles. The van der Waals surface area contributed by atoms with Gasteiger partial charge in [0.25, 0.3) is 0 Å². The SMILES string of the molecule is O=C1CCC(N2Cc3c[c-]c(F)cc3C2=O)C(=O)N1.[Y]. The van der Waals surface area contributed by atoms with Crippen molar-refractivity contribution in [1.29, 1.82) is 0 Å². The summed E-state index contributed by atoms with van der Waals surface area (Å²) in [7, 11) is 0. The van der Waals surface area contributed by atoms with Gasteiger partial charge < -0.3 is 4.90 Å². The summed E-state index contributed by atoms with van der Waals surface area (Å²) in [5.41, 5.74) is 0.914. The summed E-state index contributed by atoms with van der Waals surface area (Å²) < 4.78 is 13.1. The number of piperidine rings is 1. The number of benzene rings is 1. The van der Waals surface area contributed by atoms with Crippen molar-refractivity contribution in [1.82, 2.24) is 10.2 Å². The third kappa shape index (κ3) is 2.54. The van der Waals surface area contributed by atoms with Crippen LogP contribution in [0.2, 0.25) is 0 Å². The van der Waals surface area contributed by atoms with Crippen LogP contribution >= 0.6 is 0 Å². The Morgan fingerprint density at radius 3 is 2.80 bits per heavy atom. The molecule has 0 saturated carbocycles.